The SMILES string of the molecule is OCC(F)(F)[C@H](c1cc(F)cc(F)c1F)N1CCNCC1. The average Bonchev–Trinajstić information content (AvgIpc) is 2.45. The summed E-state index contributed by atoms with van der Waals surface area (Å²) in [6.07, 6.45) is 0. The van der Waals surface area contributed by atoms with Crippen LogP contribution in [0.25, 0.3) is 0 Å². The lowest BCUT2D eigenvalue weighted by atomic mass is 9.97. The molecular weight excluding hydrogens is 295 g/mol. The molecule has 0 amide bonds. The number of hydrogen-bond donors (Lipinski definition) is 2. The van der Waals surface area contributed by atoms with Crippen LogP contribution in [0.5, 0.6) is 0 Å². The third kappa shape index (κ3) is 3.33. The second kappa shape index (κ2) is 6.25. The van der Waals surface area contributed by atoms with E-state index in [1.54, 1.807) is 0 Å². The van der Waals surface area contributed by atoms with Crippen LogP contribution in [0.2, 0.25) is 0 Å². The normalized spacial score (nSPS) is 18.8. The minimum absolute atomic E-state index is 0.151. The van der Waals surface area contributed by atoms with Crippen LogP contribution in [-0.4, -0.2) is 48.7 Å². The lowest BCUT2D eigenvalue weighted by molar-refractivity contribution is -0.119. The first-order valence-electron chi connectivity index (χ1n) is 6.44. The number of hydrogen-bond acceptors (Lipinski definition) is 3. The Morgan fingerprint density at radius 2 is 1.81 bits per heavy atom. The van der Waals surface area contributed by atoms with Gasteiger partial charge in [-0.1, -0.05) is 0 Å². The third-order valence-electron chi connectivity index (χ3n) is 3.44. The highest BCUT2D eigenvalue weighted by Crippen LogP contribution is 2.38. The molecule has 0 unspecified atom stereocenters. The van der Waals surface area contributed by atoms with Gasteiger partial charge >= 0.3 is 0 Å². The Bertz CT molecular complexity index is 506. The molecule has 0 saturated carbocycles. The molecule has 3 nitrogen and oxygen atoms in total. The monoisotopic (exact) mass is 310 g/mol. The number of rotatable bonds is 4. The van der Waals surface area contributed by atoms with Gasteiger partial charge in [0.25, 0.3) is 5.92 Å². The molecule has 1 fully saturated rings. The van der Waals surface area contributed by atoms with E-state index in [1.807, 2.05) is 0 Å². The largest absolute Gasteiger partial charge is 0.390 e. The Morgan fingerprint density at radius 1 is 1.19 bits per heavy atom. The van der Waals surface area contributed by atoms with E-state index < -0.39 is 41.6 Å². The summed E-state index contributed by atoms with van der Waals surface area (Å²) in [7, 11) is 0. The van der Waals surface area contributed by atoms with Gasteiger partial charge < -0.3 is 10.4 Å². The molecule has 0 bridgehead atoms. The van der Waals surface area contributed by atoms with Crippen molar-refractivity contribution in [3.05, 3.63) is 35.1 Å². The molecule has 0 aromatic heterocycles. The van der Waals surface area contributed by atoms with E-state index in [-0.39, 0.29) is 13.1 Å². The molecule has 1 aromatic rings. The maximum absolute atomic E-state index is 14.0. The van der Waals surface area contributed by atoms with Crippen molar-refractivity contribution in [3.8, 4) is 0 Å². The van der Waals surface area contributed by atoms with E-state index in [4.69, 9.17) is 5.11 Å². The highest BCUT2D eigenvalue weighted by atomic mass is 19.3. The summed E-state index contributed by atoms with van der Waals surface area (Å²) < 4.78 is 68.5. The molecule has 21 heavy (non-hydrogen) atoms. The molecule has 0 aliphatic carbocycles. The predicted octanol–water partition coefficient (Wildman–Crippen LogP) is 1.68. The van der Waals surface area contributed by atoms with Gasteiger partial charge in [0.2, 0.25) is 0 Å². The van der Waals surface area contributed by atoms with Crippen molar-refractivity contribution in [2.24, 2.45) is 0 Å². The Labute approximate surface area is 118 Å². The van der Waals surface area contributed by atoms with Gasteiger partial charge in [0, 0.05) is 37.8 Å². The molecular formula is C13H15F5N2O. The van der Waals surface area contributed by atoms with Crippen molar-refractivity contribution in [2.75, 3.05) is 32.8 Å². The van der Waals surface area contributed by atoms with Crippen LogP contribution in [0.1, 0.15) is 11.6 Å². The second-order valence-electron chi connectivity index (χ2n) is 4.90. The van der Waals surface area contributed by atoms with Crippen molar-refractivity contribution >= 4 is 0 Å². The third-order valence-corrected chi connectivity index (χ3v) is 3.44. The molecule has 118 valence electrons. The van der Waals surface area contributed by atoms with Crippen LogP contribution in [0.15, 0.2) is 12.1 Å². The van der Waals surface area contributed by atoms with Gasteiger partial charge in [-0.05, 0) is 6.07 Å². The summed E-state index contributed by atoms with van der Waals surface area (Å²) in [4.78, 5) is 1.21. The number of aliphatic hydroxyl groups is 1. The van der Waals surface area contributed by atoms with E-state index >= 15 is 0 Å². The lowest BCUT2D eigenvalue weighted by Gasteiger charge is -2.38. The summed E-state index contributed by atoms with van der Waals surface area (Å²) in [6, 6.07) is -1.07. The standard InChI is InChI=1S/C13H15F5N2O/c14-8-5-9(11(16)10(15)6-8)12(13(17,18)7-21)20-3-1-19-2-4-20/h5-6,12,19,21H,1-4,7H2/t12-/m0/s1. The summed E-state index contributed by atoms with van der Waals surface area (Å²) in [6.45, 7) is -0.469. The summed E-state index contributed by atoms with van der Waals surface area (Å²) in [5.41, 5.74) is -0.784. The summed E-state index contributed by atoms with van der Waals surface area (Å²) in [5.74, 6) is -7.91. The topological polar surface area (TPSA) is 35.5 Å². The molecule has 0 spiro atoms. The first-order chi connectivity index (χ1) is 9.86. The number of nitrogens with one attached hydrogen (secondary N) is 1. The van der Waals surface area contributed by atoms with E-state index in [9.17, 15) is 22.0 Å². The van der Waals surface area contributed by atoms with Gasteiger partial charge in [0.15, 0.2) is 11.6 Å². The number of alkyl halides is 2. The van der Waals surface area contributed by atoms with Crippen LogP contribution in [0.4, 0.5) is 22.0 Å². The number of benzene rings is 1. The second-order valence-corrected chi connectivity index (χ2v) is 4.90. The Kier molecular flexibility index (Phi) is 4.80. The molecule has 1 aliphatic heterocycles. The van der Waals surface area contributed by atoms with E-state index in [2.05, 4.69) is 5.32 Å². The van der Waals surface area contributed by atoms with Crippen LogP contribution in [-0.2, 0) is 0 Å². The first-order valence-corrected chi connectivity index (χ1v) is 6.44. The zero-order valence-electron chi connectivity index (χ0n) is 11.1. The fraction of sp³-hybridized carbons (Fsp3) is 0.538. The number of nitrogens with zero attached hydrogens (tertiary/aromatic N) is 1. The molecule has 1 heterocycles. The van der Waals surface area contributed by atoms with Crippen molar-refractivity contribution in [1.82, 2.24) is 10.2 Å². The number of halogens is 5. The smallest absolute Gasteiger partial charge is 0.290 e. The van der Waals surface area contributed by atoms with Gasteiger partial charge in [-0.15, -0.1) is 0 Å². The Balaban J connectivity index is 2.49. The van der Waals surface area contributed by atoms with E-state index in [0.717, 1.165) is 0 Å². The molecule has 1 aliphatic rings. The van der Waals surface area contributed by atoms with Crippen LogP contribution < -0.4 is 5.32 Å². The van der Waals surface area contributed by atoms with Crippen LogP contribution in [0.3, 0.4) is 0 Å². The van der Waals surface area contributed by atoms with Crippen molar-refractivity contribution in [3.63, 3.8) is 0 Å². The predicted molar refractivity (Wildman–Crippen MR) is 65.5 cm³/mol. The average molecular weight is 310 g/mol. The quantitative estimate of drug-likeness (QED) is 0.656. The summed E-state index contributed by atoms with van der Waals surface area (Å²) in [5, 5.41) is 11.8. The van der Waals surface area contributed by atoms with Gasteiger partial charge in [0.05, 0.1) is 0 Å². The van der Waals surface area contributed by atoms with Gasteiger partial charge in [0.1, 0.15) is 18.5 Å². The Morgan fingerprint density at radius 3 is 2.38 bits per heavy atom. The molecule has 1 atom stereocenters. The van der Waals surface area contributed by atoms with E-state index in [0.29, 0.717) is 25.2 Å². The molecule has 2 rings (SSSR count). The van der Waals surface area contributed by atoms with E-state index in [1.165, 1.54) is 4.90 Å². The molecule has 2 N–H and O–H groups in total. The van der Waals surface area contributed by atoms with Crippen molar-refractivity contribution < 1.29 is 27.1 Å². The van der Waals surface area contributed by atoms with Gasteiger partial charge in [-0.3, -0.25) is 4.90 Å². The van der Waals surface area contributed by atoms with Crippen LogP contribution >= 0.6 is 0 Å². The molecule has 1 saturated heterocycles. The minimum atomic E-state index is -3.72. The molecule has 1 aromatic carbocycles. The van der Waals surface area contributed by atoms with Crippen molar-refractivity contribution in [2.45, 2.75) is 12.0 Å². The zero-order chi connectivity index (χ0) is 15.6. The maximum Gasteiger partial charge on any atom is 0.290 e. The fourth-order valence-corrected chi connectivity index (χ4v) is 2.49. The fourth-order valence-electron chi connectivity index (χ4n) is 2.49. The minimum Gasteiger partial charge on any atom is -0.390 e. The Hall–Kier alpha value is -1.25. The molecule has 8 heteroatoms. The van der Waals surface area contributed by atoms with Crippen LogP contribution in [0, 0.1) is 17.5 Å². The number of piperazine rings is 1. The molecule has 0 radical (unpaired) electrons. The van der Waals surface area contributed by atoms with Crippen molar-refractivity contribution in [1.29, 1.82) is 0 Å². The highest BCUT2D eigenvalue weighted by Gasteiger charge is 2.45. The lowest BCUT2D eigenvalue weighted by Crippen LogP contribution is -2.51. The first kappa shape index (κ1) is 16.1. The van der Waals surface area contributed by atoms with Gasteiger partial charge in [-0.2, -0.15) is 0 Å². The zero-order valence-corrected chi connectivity index (χ0v) is 11.1. The maximum atomic E-state index is 14.0. The summed E-state index contributed by atoms with van der Waals surface area (Å²) >= 11 is 0. The number of aliphatic hydroxyl groups excluding tert-OH is 1. The van der Waals surface area contributed by atoms with Gasteiger partial charge in [-0.25, -0.2) is 22.0 Å². The highest BCUT2D eigenvalue weighted by molar-refractivity contribution is 5.26.